The lowest BCUT2D eigenvalue weighted by atomic mass is 10.2. The number of aliphatic hydroxyl groups excluding tert-OH is 1. The predicted octanol–water partition coefficient (Wildman–Crippen LogP) is 0.343. The molecule has 0 aromatic carbocycles. The molecule has 1 aromatic rings. The van der Waals surface area contributed by atoms with Crippen LogP contribution in [0.5, 0.6) is 0 Å². The number of nitrogens with two attached hydrogens (primary N) is 1. The number of anilines is 2. The normalized spacial score (nSPS) is 18.8. The van der Waals surface area contributed by atoms with Crippen molar-refractivity contribution < 1.29 is 9.90 Å². The minimum absolute atomic E-state index is 0.0701. The van der Waals surface area contributed by atoms with Crippen molar-refractivity contribution in [3.05, 3.63) is 23.4 Å². The van der Waals surface area contributed by atoms with Gasteiger partial charge in [0.2, 0.25) is 11.9 Å². The molecule has 0 radical (unpaired) electrons. The average molecular weight is 305 g/mol. The van der Waals surface area contributed by atoms with E-state index in [2.05, 4.69) is 9.97 Å². The molecule has 0 aliphatic carbocycles. The first-order valence-corrected chi connectivity index (χ1v) is 7.33. The van der Waals surface area contributed by atoms with E-state index in [0.717, 1.165) is 11.3 Å². The molecular formula is C15H23N5O2. The molecule has 1 amide bonds. The smallest absolute Gasteiger partial charge is 0.246 e. The molecule has 1 fully saturated rings. The number of allylic oxidation sites excluding steroid dienone is 1. The van der Waals surface area contributed by atoms with Crippen molar-refractivity contribution in [2.45, 2.75) is 26.9 Å². The van der Waals surface area contributed by atoms with Crippen LogP contribution in [0.3, 0.4) is 0 Å². The van der Waals surface area contributed by atoms with Gasteiger partial charge in [-0.25, -0.2) is 4.98 Å². The Morgan fingerprint density at radius 2 is 2.09 bits per heavy atom. The zero-order valence-corrected chi connectivity index (χ0v) is 13.3. The molecule has 22 heavy (non-hydrogen) atoms. The molecule has 7 nitrogen and oxygen atoms in total. The summed E-state index contributed by atoms with van der Waals surface area (Å²) in [6, 6.07) is 1.83. The van der Waals surface area contributed by atoms with Gasteiger partial charge in [-0.1, -0.05) is 5.57 Å². The number of rotatable bonds is 2. The summed E-state index contributed by atoms with van der Waals surface area (Å²) >= 11 is 0. The second-order valence-corrected chi connectivity index (χ2v) is 5.83. The third-order valence-electron chi connectivity index (χ3n) is 3.41. The second kappa shape index (κ2) is 6.74. The Kier molecular flexibility index (Phi) is 4.97. The van der Waals surface area contributed by atoms with Crippen LogP contribution < -0.4 is 10.6 Å². The number of nitrogen functional groups attached to an aromatic ring is 1. The van der Waals surface area contributed by atoms with Gasteiger partial charge in [-0.2, -0.15) is 4.98 Å². The summed E-state index contributed by atoms with van der Waals surface area (Å²) in [5.41, 5.74) is 7.41. The van der Waals surface area contributed by atoms with Crippen LogP contribution >= 0.6 is 0 Å². The molecule has 1 aliphatic rings. The third-order valence-corrected chi connectivity index (χ3v) is 3.41. The number of aromatic nitrogens is 2. The number of carbonyl (C=O) groups is 1. The Hall–Kier alpha value is -2.15. The molecule has 1 atom stereocenters. The number of amides is 1. The van der Waals surface area contributed by atoms with Crippen LogP contribution in [0.1, 0.15) is 19.5 Å². The molecule has 0 spiro atoms. The lowest BCUT2D eigenvalue weighted by Crippen LogP contribution is -2.36. The van der Waals surface area contributed by atoms with Crippen LogP contribution in [-0.4, -0.2) is 58.2 Å². The van der Waals surface area contributed by atoms with Crippen molar-refractivity contribution in [3.8, 4) is 0 Å². The van der Waals surface area contributed by atoms with E-state index in [4.69, 9.17) is 5.73 Å². The van der Waals surface area contributed by atoms with E-state index in [0.29, 0.717) is 32.0 Å². The molecule has 7 heteroatoms. The van der Waals surface area contributed by atoms with Gasteiger partial charge in [-0.15, -0.1) is 0 Å². The number of aryl methyl sites for hydroxylation is 1. The molecule has 2 rings (SSSR count). The number of hydrogen-bond donors (Lipinski definition) is 2. The quantitative estimate of drug-likeness (QED) is 0.765. The summed E-state index contributed by atoms with van der Waals surface area (Å²) in [6.45, 7) is 7.46. The van der Waals surface area contributed by atoms with Crippen molar-refractivity contribution in [3.63, 3.8) is 0 Å². The van der Waals surface area contributed by atoms with Gasteiger partial charge in [0, 0.05) is 44.0 Å². The van der Waals surface area contributed by atoms with Gasteiger partial charge in [0.25, 0.3) is 0 Å². The van der Waals surface area contributed by atoms with Crippen LogP contribution in [0.4, 0.5) is 11.8 Å². The maximum absolute atomic E-state index is 12.1. The van der Waals surface area contributed by atoms with Crippen molar-refractivity contribution in [1.82, 2.24) is 14.9 Å². The second-order valence-electron chi connectivity index (χ2n) is 5.83. The first-order valence-electron chi connectivity index (χ1n) is 7.33. The summed E-state index contributed by atoms with van der Waals surface area (Å²) < 4.78 is 0. The Bertz CT molecular complexity index is 563. The number of hydrogen-bond acceptors (Lipinski definition) is 6. The Labute approximate surface area is 130 Å². The lowest BCUT2D eigenvalue weighted by molar-refractivity contribution is -0.126. The standard InChI is InChI=1S/C15H23N5O2/c1-10(2)6-14(22)20-5-4-19(8-12(21)9-20)13-7-11(3)17-15(16)18-13/h6-7,12,21H,4-5,8-9H2,1-3H3,(H2,16,17,18)/t12-/m1/s1. The zero-order chi connectivity index (χ0) is 16.3. The Balaban J connectivity index is 2.15. The summed E-state index contributed by atoms with van der Waals surface area (Å²) in [5, 5.41) is 10.2. The van der Waals surface area contributed by atoms with Crippen molar-refractivity contribution in [2.75, 3.05) is 36.8 Å². The predicted molar refractivity (Wildman–Crippen MR) is 85.4 cm³/mol. The highest BCUT2D eigenvalue weighted by Crippen LogP contribution is 2.16. The summed E-state index contributed by atoms with van der Waals surface area (Å²) in [4.78, 5) is 24.0. The van der Waals surface area contributed by atoms with Crippen LogP contribution in [0.2, 0.25) is 0 Å². The lowest BCUT2D eigenvalue weighted by Gasteiger charge is -2.23. The number of nitrogens with zero attached hydrogens (tertiary/aromatic N) is 4. The highest BCUT2D eigenvalue weighted by atomic mass is 16.3. The fraction of sp³-hybridized carbons (Fsp3) is 0.533. The summed E-state index contributed by atoms with van der Waals surface area (Å²) in [5.74, 6) is 0.825. The van der Waals surface area contributed by atoms with Gasteiger partial charge >= 0.3 is 0 Å². The Morgan fingerprint density at radius 3 is 2.73 bits per heavy atom. The van der Waals surface area contributed by atoms with E-state index in [-0.39, 0.29) is 11.9 Å². The SMILES string of the molecule is CC(C)=CC(=O)N1CCN(c2cc(C)nc(N)n2)C[C@@H](O)C1. The van der Waals surface area contributed by atoms with Gasteiger partial charge in [0.15, 0.2) is 0 Å². The highest BCUT2D eigenvalue weighted by Gasteiger charge is 2.24. The van der Waals surface area contributed by atoms with Gasteiger partial charge in [0.05, 0.1) is 6.10 Å². The van der Waals surface area contributed by atoms with Crippen LogP contribution in [-0.2, 0) is 4.79 Å². The van der Waals surface area contributed by atoms with E-state index in [9.17, 15) is 9.90 Å². The summed E-state index contributed by atoms with van der Waals surface area (Å²) in [6.07, 6.45) is 0.961. The number of aliphatic hydroxyl groups is 1. The molecular weight excluding hydrogens is 282 g/mol. The van der Waals surface area contributed by atoms with Gasteiger partial charge in [-0.05, 0) is 20.8 Å². The van der Waals surface area contributed by atoms with E-state index in [1.807, 2.05) is 31.7 Å². The van der Waals surface area contributed by atoms with E-state index >= 15 is 0 Å². The molecule has 1 aromatic heterocycles. The largest absolute Gasteiger partial charge is 0.389 e. The molecule has 0 saturated carbocycles. The van der Waals surface area contributed by atoms with E-state index in [1.54, 1.807) is 11.0 Å². The highest BCUT2D eigenvalue weighted by molar-refractivity contribution is 5.88. The number of carbonyl (C=O) groups excluding carboxylic acids is 1. The zero-order valence-electron chi connectivity index (χ0n) is 13.3. The van der Waals surface area contributed by atoms with Crippen molar-refractivity contribution in [1.29, 1.82) is 0 Å². The van der Waals surface area contributed by atoms with Crippen LogP contribution in [0.15, 0.2) is 17.7 Å². The maximum Gasteiger partial charge on any atom is 0.246 e. The molecule has 1 aliphatic heterocycles. The van der Waals surface area contributed by atoms with Crippen LogP contribution in [0, 0.1) is 6.92 Å². The molecule has 0 bridgehead atoms. The van der Waals surface area contributed by atoms with Crippen molar-refractivity contribution in [2.24, 2.45) is 0 Å². The van der Waals surface area contributed by atoms with E-state index < -0.39 is 6.10 Å². The molecule has 1 saturated heterocycles. The minimum Gasteiger partial charge on any atom is -0.389 e. The average Bonchev–Trinajstić information content (AvgIpc) is 2.58. The van der Waals surface area contributed by atoms with Crippen molar-refractivity contribution >= 4 is 17.7 Å². The minimum atomic E-state index is -0.631. The monoisotopic (exact) mass is 305 g/mol. The molecule has 2 heterocycles. The number of β-amino-alcohol motifs (C(OH)–C–C–N with tert-alkyl or cyclic N) is 1. The molecule has 120 valence electrons. The third kappa shape index (κ3) is 4.17. The fourth-order valence-electron chi connectivity index (χ4n) is 2.47. The van der Waals surface area contributed by atoms with Gasteiger partial charge in [0.1, 0.15) is 5.82 Å². The van der Waals surface area contributed by atoms with Gasteiger partial charge < -0.3 is 20.6 Å². The van der Waals surface area contributed by atoms with Gasteiger partial charge in [-0.3, -0.25) is 4.79 Å². The maximum atomic E-state index is 12.1. The van der Waals surface area contributed by atoms with Crippen LogP contribution in [0.25, 0.3) is 0 Å². The Morgan fingerprint density at radius 1 is 1.36 bits per heavy atom. The fourth-order valence-corrected chi connectivity index (χ4v) is 2.47. The summed E-state index contributed by atoms with van der Waals surface area (Å²) in [7, 11) is 0. The van der Waals surface area contributed by atoms with E-state index in [1.165, 1.54) is 0 Å². The molecule has 3 N–H and O–H groups in total. The molecule has 0 unspecified atom stereocenters. The first-order chi connectivity index (χ1) is 10.3. The topological polar surface area (TPSA) is 95.6 Å². The first kappa shape index (κ1) is 16.2.